The summed E-state index contributed by atoms with van der Waals surface area (Å²) < 4.78 is 53.5. The molecule has 0 radical (unpaired) electrons. The summed E-state index contributed by atoms with van der Waals surface area (Å²) in [5.41, 5.74) is 0.378. The Balaban J connectivity index is 0.00000162. The van der Waals surface area contributed by atoms with E-state index in [4.69, 9.17) is 4.55 Å². The molecule has 10 heteroatoms. The van der Waals surface area contributed by atoms with Crippen LogP contribution in [0.2, 0.25) is 0 Å². The van der Waals surface area contributed by atoms with E-state index in [0.717, 1.165) is 17.6 Å². The third-order valence-corrected chi connectivity index (χ3v) is 5.50. The summed E-state index contributed by atoms with van der Waals surface area (Å²) in [6.07, 6.45) is 1.02. The van der Waals surface area contributed by atoms with E-state index < -0.39 is 20.0 Å². The van der Waals surface area contributed by atoms with Crippen LogP contribution in [0.25, 0.3) is 10.2 Å². The molecule has 1 aromatic carbocycles. The first-order valence-electron chi connectivity index (χ1n) is 4.26. The van der Waals surface area contributed by atoms with Gasteiger partial charge >= 0.3 is 0 Å². The average Bonchev–Trinajstić information content (AvgIpc) is 2.57. The van der Waals surface area contributed by atoms with E-state index in [1.54, 1.807) is 0 Å². The van der Waals surface area contributed by atoms with Gasteiger partial charge in [-0.2, -0.15) is 8.42 Å². The van der Waals surface area contributed by atoms with Gasteiger partial charge in [0.05, 0.1) is 15.1 Å². The number of hydrogen-bond acceptors (Lipinski definition) is 6. The minimum atomic E-state index is -4.29. The van der Waals surface area contributed by atoms with Crippen molar-refractivity contribution in [3.05, 3.63) is 18.2 Å². The molecule has 18 heavy (non-hydrogen) atoms. The highest BCUT2D eigenvalue weighted by Crippen LogP contribution is 2.27. The molecule has 100 valence electrons. The van der Waals surface area contributed by atoms with E-state index in [1.807, 2.05) is 0 Å². The standard InChI is InChI=1S/C8H7NO5S3.ClH/c1-16(10,11)8-9-6-3-2-5(17(12,13)14)4-7(6)15-8;/h2-4H,1H3,(H,12,13,14);1H. The van der Waals surface area contributed by atoms with Crippen molar-refractivity contribution in [1.82, 2.24) is 4.98 Å². The number of thiazole rings is 1. The smallest absolute Gasteiger partial charge is 0.282 e. The molecule has 0 amide bonds. The molecule has 2 rings (SSSR count). The van der Waals surface area contributed by atoms with Gasteiger partial charge in [0.1, 0.15) is 0 Å². The maximum atomic E-state index is 11.3. The molecular formula is C8H8ClNO5S3. The summed E-state index contributed by atoms with van der Waals surface area (Å²) in [4.78, 5) is 3.58. The third-order valence-electron chi connectivity index (χ3n) is 1.96. The van der Waals surface area contributed by atoms with Crippen LogP contribution < -0.4 is 0 Å². The SMILES string of the molecule is CS(=O)(=O)c1nc2ccc(S(=O)(=O)O)cc2s1.Cl. The molecule has 0 saturated carbocycles. The molecule has 1 heterocycles. The van der Waals surface area contributed by atoms with Gasteiger partial charge in [-0.05, 0) is 18.2 Å². The normalized spacial score (nSPS) is 12.3. The fourth-order valence-electron chi connectivity index (χ4n) is 1.20. The zero-order valence-electron chi connectivity index (χ0n) is 8.89. The van der Waals surface area contributed by atoms with Crippen LogP contribution >= 0.6 is 23.7 Å². The Morgan fingerprint density at radius 3 is 2.33 bits per heavy atom. The van der Waals surface area contributed by atoms with Crippen molar-refractivity contribution in [3.8, 4) is 0 Å². The number of rotatable bonds is 2. The maximum absolute atomic E-state index is 11.3. The van der Waals surface area contributed by atoms with E-state index in [2.05, 4.69) is 4.98 Å². The molecule has 0 bridgehead atoms. The van der Waals surface area contributed by atoms with Crippen LogP contribution in [-0.4, -0.2) is 32.6 Å². The van der Waals surface area contributed by atoms with Gasteiger partial charge in [-0.15, -0.1) is 23.7 Å². The van der Waals surface area contributed by atoms with Crippen LogP contribution in [0.5, 0.6) is 0 Å². The Kier molecular flexibility index (Phi) is 4.03. The highest BCUT2D eigenvalue weighted by molar-refractivity contribution is 7.92. The Hall–Kier alpha value is -0.740. The van der Waals surface area contributed by atoms with Crippen LogP contribution in [0.15, 0.2) is 27.4 Å². The number of hydrogen-bond donors (Lipinski definition) is 1. The van der Waals surface area contributed by atoms with Crippen molar-refractivity contribution in [2.24, 2.45) is 0 Å². The second-order valence-corrected chi connectivity index (χ2v) is 8.00. The molecule has 0 atom stereocenters. The van der Waals surface area contributed by atoms with Crippen molar-refractivity contribution in [3.63, 3.8) is 0 Å². The molecule has 6 nitrogen and oxygen atoms in total. The van der Waals surface area contributed by atoms with E-state index in [-0.39, 0.29) is 21.6 Å². The predicted octanol–water partition coefficient (Wildman–Crippen LogP) is 1.37. The van der Waals surface area contributed by atoms with Gasteiger partial charge in [0, 0.05) is 6.26 Å². The number of halogens is 1. The molecule has 0 fully saturated rings. The van der Waals surface area contributed by atoms with Gasteiger partial charge in [-0.3, -0.25) is 4.55 Å². The minimum Gasteiger partial charge on any atom is -0.282 e. The molecule has 0 aliphatic carbocycles. The van der Waals surface area contributed by atoms with Gasteiger partial charge in [-0.25, -0.2) is 13.4 Å². The number of sulfone groups is 1. The lowest BCUT2D eigenvalue weighted by molar-refractivity contribution is 0.483. The molecule has 0 spiro atoms. The molecule has 0 aliphatic rings. The van der Waals surface area contributed by atoms with Crippen molar-refractivity contribution in [2.75, 3.05) is 6.26 Å². The molecular weight excluding hydrogens is 322 g/mol. The van der Waals surface area contributed by atoms with Crippen molar-refractivity contribution >= 4 is 53.9 Å². The second kappa shape index (κ2) is 4.74. The van der Waals surface area contributed by atoms with Gasteiger partial charge in [0.2, 0.25) is 14.2 Å². The Morgan fingerprint density at radius 2 is 1.83 bits per heavy atom. The summed E-state index contributed by atoms with van der Waals surface area (Å²) in [6.45, 7) is 0. The molecule has 1 N–H and O–H groups in total. The first kappa shape index (κ1) is 15.3. The topological polar surface area (TPSA) is 101 Å². The van der Waals surface area contributed by atoms with Crippen LogP contribution in [-0.2, 0) is 20.0 Å². The lowest BCUT2D eigenvalue weighted by Crippen LogP contribution is -1.96. The lowest BCUT2D eigenvalue weighted by Gasteiger charge is -1.94. The van der Waals surface area contributed by atoms with E-state index in [0.29, 0.717) is 10.2 Å². The first-order valence-corrected chi connectivity index (χ1v) is 8.41. The Bertz CT molecular complexity index is 763. The van der Waals surface area contributed by atoms with Crippen LogP contribution in [0.4, 0.5) is 0 Å². The summed E-state index contributed by atoms with van der Waals surface area (Å²) in [7, 11) is -7.71. The monoisotopic (exact) mass is 329 g/mol. The molecule has 0 aliphatic heterocycles. The van der Waals surface area contributed by atoms with E-state index in [9.17, 15) is 16.8 Å². The van der Waals surface area contributed by atoms with Crippen LogP contribution in [0.3, 0.4) is 0 Å². The van der Waals surface area contributed by atoms with Crippen molar-refractivity contribution in [2.45, 2.75) is 9.24 Å². The van der Waals surface area contributed by atoms with Crippen molar-refractivity contribution < 1.29 is 21.4 Å². The fraction of sp³-hybridized carbons (Fsp3) is 0.125. The maximum Gasteiger partial charge on any atom is 0.294 e. The Morgan fingerprint density at radius 1 is 1.22 bits per heavy atom. The summed E-state index contributed by atoms with van der Waals surface area (Å²) in [5, 5.41) is 0. The minimum absolute atomic E-state index is 0. The molecule has 0 unspecified atom stereocenters. The van der Waals surface area contributed by atoms with Crippen LogP contribution in [0.1, 0.15) is 0 Å². The summed E-state index contributed by atoms with van der Waals surface area (Å²) >= 11 is 0.860. The quantitative estimate of drug-likeness (QED) is 0.835. The molecule has 1 aromatic heterocycles. The average molecular weight is 330 g/mol. The third kappa shape index (κ3) is 2.98. The van der Waals surface area contributed by atoms with Crippen LogP contribution in [0, 0.1) is 0 Å². The predicted molar refractivity (Wildman–Crippen MR) is 69.8 cm³/mol. The van der Waals surface area contributed by atoms with Gasteiger partial charge < -0.3 is 0 Å². The first-order chi connectivity index (χ1) is 7.68. The number of benzene rings is 1. The largest absolute Gasteiger partial charge is 0.294 e. The summed E-state index contributed by atoms with van der Waals surface area (Å²) in [6, 6.07) is 3.71. The molecule has 0 saturated heterocycles. The van der Waals surface area contributed by atoms with Gasteiger partial charge in [-0.1, -0.05) is 0 Å². The zero-order valence-corrected chi connectivity index (χ0v) is 12.2. The van der Waals surface area contributed by atoms with Gasteiger partial charge in [0.25, 0.3) is 10.1 Å². The fourth-order valence-corrected chi connectivity index (χ4v) is 3.66. The highest BCUT2D eigenvalue weighted by atomic mass is 35.5. The second-order valence-electron chi connectivity index (χ2n) is 3.36. The van der Waals surface area contributed by atoms with E-state index in [1.165, 1.54) is 18.2 Å². The highest BCUT2D eigenvalue weighted by Gasteiger charge is 2.16. The number of aromatic nitrogens is 1. The van der Waals surface area contributed by atoms with Gasteiger partial charge in [0.15, 0.2) is 0 Å². The Labute approximate surface area is 114 Å². The molecule has 2 aromatic rings. The number of fused-ring (bicyclic) bond motifs is 1. The number of nitrogens with zero attached hydrogens (tertiary/aromatic N) is 1. The summed E-state index contributed by atoms with van der Waals surface area (Å²) in [5.74, 6) is 0. The lowest BCUT2D eigenvalue weighted by atomic mass is 10.3. The van der Waals surface area contributed by atoms with Crippen molar-refractivity contribution in [1.29, 1.82) is 0 Å². The van der Waals surface area contributed by atoms with E-state index >= 15 is 0 Å². The zero-order chi connectivity index (χ0) is 12.8.